The molecule has 3 heteroatoms. The zero-order valence-electron chi connectivity index (χ0n) is 9.73. The third kappa shape index (κ3) is 3.36. The van der Waals surface area contributed by atoms with Gasteiger partial charge in [-0.2, -0.15) is 0 Å². The van der Waals surface area contributed by atoms with Crippen LogP contribution in [0, 0.1) is 5.92 Å². The van der Waals surface area contributed by atoms with E-state index in [1.54, 1.807) is 6.26 Å². The third-order valence-corrected chi connectivity index (χ3v) is 2.73. The van der Waals surface area contributed by atoms with Crippen molar-refractivity contribution in [1.82, 2.24) is 5.32 Å². The van der Waals surface area contributed by atoms with Crippen LogP contribution in [-0.4, -0.2) is 17.8 Å². The van der Waals surface area contributed by atoms with Crippen molar-refractivity contribution in [3.63, 3.8) is 0 Å². The van der Waals surface area contributed by atoms with Crippen molar-refractivity contribution in [1.29, 1.82) is 0 Å². The minimum Gasteiger partial charge on any atom is -0.468 e. The first kappa shape index (κ1) is 12.3. The van der Waals surface area contributed by atoms with Gasteiger partial charge in [-0.05, 0) is 24.5 Å². The van der Waals surface area contributed by atoms with E-state index < -0.39 is 0 Å². The molecule has 1 rings (SSSR count). The summed E-state index contributed by atoms with van der Waals surface area (Å²) in [6.45, 7) is 6.57. The van der Waals surface area contributed by atoms with Gasteiger partial charge in [-0.25, -0.2) is 0 Å². The van der Waals surface area contributed by atoms with Gasteiger partial charge in [0.05, 0.1) is 18.9 Å². The molecule has 86 valence electrons. The number of aliphatic hydroxyl groups is 1. The van der Waals surface area contributed by atoms with E-state index in [-0.39, 0.29) is 12.6 Å². The van der Waals surface area contributed by atoms with Crippen LogP contribution in [-0.2, 0) is 0 Å². The summed E-state index contributed by atoms with van der Waals surface area (Å²) in [6, 6.07) is 4.05. The monoisotopic (exact) mass is 211 g/mol. The van der Waals surface area contributed by atoms with Gasteiger partial charge in [-0.1, -0.05) is 20.8 Å². The Hall–Kier alpha value is -0.800. The van der Waals surface area contributed by atoms with Gasteiger partial charge >= 0.3 is 0 Å². The van der Waals surface area contributed by atoms with E-state index in [0.29, 0.717) is 12.0 Å². The average molecular weight is 211 g/mol. The Kier molecular flexibility index (Phi) is 4.85. The van der Waals surface area contributed by atoms with Gasteiger partial charge in [0.25, 0.3) is 0 Å². The number of aliphatic hydroxyl groups excluding tert-OH is 1. The van der Waals surface area contributed by atoms with Crippen LogP contribution in [0.25, 0.3) is 0 Å². The second-order valence-corrected chi connectivity index (χ2v) is 4.18. The fourth-order valence-corrected chi connectivity index (χ4v) is 1.75. The molecule has 1 aromatic heterocycles. The molecule has 0 fully saturated rings. The summed E-state index contributed by atoms with van der Waals surface area (Å²) in [7, 11) is 0. The molecule has 0 saturated heterocycles. The predicted octanol–water partition coefficient (Wildman–Crippen LogP) is 2.34. The smallest absolute Gasteiger partial charge is 0.123 e. The van der Waals surface area contributed by atoms with E-state index in [4.69, 9.17) is 4.42 Å². The quantitative estimate of drug-likeness (QED) is 0.759. The lowest BCUT2D eigenvalue weighted by atomic mass is 10.0. The lowest BCUT2D eigenvalue weighted by Gasteiger charge is -2.25. The van der Waals surface area contributed by atoms with Crippen LogP contribution >= 0.6 is 0 Å². The average Bonchev–Trinajstić information content (AvgIpc) is 2.72. The summed E-state index contributed by atoms with van der Waals surface area (Å²) in [5.41, 5.74) is 0. The summed E-state index contributed by atoms with van der Waals surface area (Å²) in [6.07, 6.45) is 2.69. The molecule has 0 amide bonds. The maximum atomic E-state index is 9.30. The number of furan rings is 1. The molecule has 0 saturated carbocycles. The Morgan fingerprint density at radius 3 is 2.60 bits per heavy atom. The molecular formula is C12H21NO2. The lowest BCUT2D eigenvalue weighted by molar-refractivity contribution is 0.202. The van der Waals surface area contributed by atoms with Gasteiger partial charge in [-0.3, -0.25) is 0 Å². The lowest BCUT2D eigenvalue weighted by Crippen LogP contribution is -2.37. The van der Waals surface area contributed by atoms with Gasteiger partial charge in [-0.15, -0.1) is 0 Å². The Balaban J connectivity index is 2.60. The second-order valence-electron chi connectivity index (χ2n) is 4.18. The molecule has 2 atom stereocenters. The highest BCUT2D eigenvalue weighted by Crippen LogP contribution is 2.16. The van der Waals surface area contributed by atoms with Crippen molar-refractivity contribution < 1.29 is 9.52 Å². The molecular weight excluding hydrogens is 190 g/mol. The highest BCUT2D eigenvalue weighted by atomic mass is 16.3. The highest BCUT2D eigenvalue weighted by molar-refractivity contribution is 5.04. The van der Waals surface area contributed by atoms with Crippen molar-refractivity contribution in [3.8, 4) is 0 Å². The van der Waals surface area contributed by atoms with Crippen LogP contribution in [0.1, 0.15) is 39.0 Å². The van der Waals surface area contributed by atoms with E-state index >= 15 is 0 Å². The molecule has 1 heterocycles. The first-order valence-corrected chi connectivity index (χ1v) is 5.59. The maximum Gasteiger partial charge on any atom is 0.123 e. The predicted molar refractivity (Wildman–Crippen MR) is 60.6 cm³/mol. The van der Waals surface area contributed by atoms with Crippen LogP contribution in [0.15, 0.2) is 22.8 Å². The molecule has 3 nitrogen and oxygen atoms in total. The molecule has 0 aliphatic carbocycles. The summed E-state index contributed by atoms with van der Waals surface area (Å²) < 4.78 is 5.29. The normalized spacial score (nSPS) is 15.5. The Bertz CT molecular complexity index is 257. The summed E-state index contributed by atoms with van der Waals surface area (Å²) >= 11 is 0. The Morgan fingerprint density at radius 1 is 1.47 bits per heavy atom. The largest absolute Gasteiger partial charge is 0.468 e. The maximum absolute atomic E-state index is 9.30. The molecule has 0 spiro atoms. The van der Waals surface area contributed by atoms with Crippen LogP contribution in [0.5, 0.6) is 0 Å². The minimum absolute atomic E-state index is 0.0662. The molecule has 0 bridgehead atoms. The van der Waals surface area contributed by atoms with E-state index in [2.05, 4.69) is 26.1 Å². The van der Waals surface area contributed by atoms with Gasteiger partial charge in [0.1, 0.15) is 5.76 Å². The van der Waals surface area contributed by atoms with Crippen molar-refractivity contribution in [2.24, 2.45) is 5.92 Å². The van der Waals surface area contributed by atoms with Crippen LogP contribution < -0.4 is 5.32 Å². The molecule has 15 heavy (non-hydrogen) atoms. The van der Waals surface area contributed by atoms with Gasteiger partial charge in [0.2, 0.25) is 0 Å². The number of hydrogen-bond acceptors (Lipinski definition) is 3. The number of nitrogens with one attached hydrogen (secondary N) is 1. The number of rotatable bonds is 6. The molecule has 2 unspecified atom stereocenters. The zero-order valence-corrected chi connectivity index (χ0v) is 9.73. The topological polar surface area (TPSA) is 45.4 Å². The first-order valence-electron chi connectivity index (χ1n) is 5.59. The number of hydrogen-bond donors (Lipinski definition) is 2. The van der Waals surface area contributed by atoms with Crippen LogP contribution in [0.2, 0.25) is 0 Å². The van der Waals surface area contributed by atoms with Crippen LogP contribution in [0.4, 0.5) is 0 Å². The summed E-state index contributed by atoms with van der Waals surface area (Å²) in [4.78, 5) is 0. The molecule has 0 aromatic carbocycles. The van der Waals surface area contributed by atoms with Crippen molar-refractivity contribution in [3.05, 3.63) is 24.2 Å². The Morgan fingerprint density at radius 2 is 2.20 bits per heavy atom. The Labute approximate surface area is 91.5 Å². The first-order chi connectivity index (χ1) is 7.19. The standard InChI is InChI=1S/C12H21NO2/c1-4-10(9(2)3)13-11(8-14)12-6-5-7-15-12/h5-7,9-11,13-14H,4,8H2,1-3H3. The molecule has 0 aliphatic heterocycles. The van der Waals surface area contributed by atoms with E-state index in [0.717, 1.165) is 12.2 Å². The van der Waals surface area contributed by atoms with Gasteiger partial charge in [0.15, 0.2) is 0 Å². The summed E-state index contributed by atoms with van der Waals surface area (Å²) in [5.74, 6) is 1.36. The minimum atomic E-state index is -0.0904. The van der Waals surface area contributed by atoms with Gasteiger partial charge in [0, 0.05) is 6.04 Å². The fourth-order valence-electron chi connectivity index (χ4n) is 1.75. The molecule has 2 N–H and O–H groups in total. The molecule has 0 radical (unpaired) electrons. The third-order valence-electron chi connectivity index (χ3n) is 2.73. The van der Waals surface area contributed by atoms with E-state index in [9.17, 15) is 5.11 Å². The fraction of sp³-hybridized carbons (Fsp3) is 0.667. The SMILES string of the molecule is CCC(NC(CO)c1ccco1)C(C)C. The zero-order chi connectivity index (χ0) is 11.3. The van der Waals surface area contributed by atoms with Gasteiger partial charge < -0.3 is 14.8 Å². The van der Waals surface area contributed by atoms with Crippen molar-refractivity contribution >= 4 is 0 Å². The summed E-state index contributed by atoms with van der Waals surface area (Å²) in [5, 5.41) is 12.7. The van der Waals surface area contributed by atoms with Crippen molar-refractivity contribution in [2.75, 3.05) is 6.61 Å². The molecule has 0 aliphatic rings. The van der Waals surface area contributed by atoms with Crippen LogP contribution in [0.3, 0.4) is 0 Å². The van der Waals surface area contributed by atoms with E-state index in [1.807, 2.05) is 12.1 Å². The highest BCUT2D eigenvalue weighted by Gasteiger charge is 2.19. The van der Waals surface area contributed by atoms with Crippen molar-refractivity contribution in [2.45, 2.75) is 39.3 Å². The molecule has 1 aromatic rings. The second kappa shape index (κ2) is 5.93. The van der Waals surface area contributed by atoms with E-state index in [1.165, 1.54) is 0 Å².